The molecule has 4 amide bonds. The van der Waals surface area contributed by atoms with E-state index in [1.54, 1.807) is 52.0 Å². The largest absolute Gasteiger partial charge is 0.386 e. The van der Waals surface area contributed by atoms with Gasteiger partial charge in [-0.25, -0.2) is 0 Å². The van der Waals surface area contributed by atoms with Crippen molar-refractivity contribution in [3.8, 4) is 0 Å². The Hall–Kier alpha value is -3.06. The predicted octanol–water partition coefficient (Wildman–Crippen LogP) is 3.53. The summed E-state index contributed by atoms with van der Waals surface area (Å²) in [7, 11) is 6.57. The van der Waals surface area contributed by atoms with Crippen LogP contribution in [-0.2, 0) is 28.7 Å². The van der Waals surface area contributed by atoms with Crippen LogP contribution >= 0.6 is 0 Å². The van der Waals surface area contributed by atoms with Crippen LogP contribution in [0.25, 0.3) is 0 Å². The summed E-state index contributed by atoms with van der Waals surface area (Å²) >= 11 is 0. The zero-order valence-electron chi connectivity index (χ0n) is 33.1. The molecule has 0 radical (unpaired) electrons. The zero-order valence-corrected chi connectivity index (χ0v) is 33.1. The average Bonchev–Trinajstić information content (AvgIpc) is 3.59. The quantitative estimate of drug-likeness (QED) is 0.160. The van der Waals surface area contributed by atoms with Gasteiger partial charge in [0, 0.05) is 27.8 Å². The number of carbonyl (C=O) groups is 4. The van der Waals surface area contributed by atoms with Crippen LogP contribution < -0.4 is 16.0 Å². The molecule has 12 nitrogen and oxygen atoms in total. The first-order chi connectivity index (χ1) is 24.0. The third kappa shape index (κ3) is 11.5. The molecule has 1 saturated heterocycles. The fraction of sp³-hybridized carbons (Fsp3) is 0.744. The summed E-state index contributed by atoms with van der Waals surface area (Å²) in [5, 5.41) is 19.8. The Morgan fingerprint density at radius 2 is 1.53 bits per heavy atom. The molecule has 1 aromatic rings. The lowest BCUT2D eigenvalue weighted by Gasteiger charge is -2.41. The number of likely N-dealkylation sites (tertiary alicyclic amines) is 1. The molecule has 1 aromatic carbocycles. The van der Waals surface area contributed by atoms with Crippen molar-refractivity contribution in [2.75, 3.05) is 34.9 Å². The number of benzene rings is 1. The molecule has 1 heterocycles. The second-order valence-electron chi connectivity index (χ2n) is 15.0. The molecule has 4 N–H and O–H groups in total. The molecule has 1 aliphatic heterocycles. The molecule has 0 aromatic heterocycles. The fourth-order valence-corrected chi connectivity index (χ4v) is 7.42. The van der Waals surface area contributed by atoms with Gasteiger partial charge in [-0.1, -0.05) is 85.2 Å². The van der Waals surface area contributed by atoms with Crippen molar-refractivity contribution in [3.63, 3.8) is 0 Å². The molecule has 290 valence electrons. The summed E-state index contributed by atoms with van der Waals surface area (Å²) < 4.78 is 11.9. The van der Waals surface area contributed by atoms with E-state index in [1.807, 2.05) is 71.9 Å². The normalized spacial score (nSPS) is 20.1. The number of hydrogen-bond acceptors (Lipinski definition) is 8. The molecule has 12 heteroatoms. The van der Waals surface area contributed by atoms with Crippen molar-refractivity contribution in [3.05, 3.63) is 35.9 Å². The maximum absolute atomic E-state index is 14.1. The smallest absolute Gasteiger partial charge is 0.245 e. The molecule has 0 spiro atoms. The van der Waals surface area contributed by atoms with E-state index >= 15 is 0 Å². The summed E-state index contributed by atoms with van der Waals surface area (Å²) in [4.78, 5) is 58.3. The number of likely N-dealkylation sites (N-methyl/N-ethyl adjacent to an activating group) is 2. The highest BCUT2D eigenvalue weighted by Crippen LogP contribution is 2.30. The van der Waals surface area contributed by atoms with Crippen molar-refractivity contribution in [2.24, 2.45) is 23.7 Å². The Morgan fingerprint density at radius 3 is 2.04 bits per heavy atom. The van der Waals surface area contributed by atoms with Gasteiger partial charge in [0.05, 0.1) is 54.8 Å². The highest BCUT2D eigenvalue weighted by molar-refractivity contribution is 5.90. The number of hydrogen-bond donors (Lipinski definition) is 4. The number of aliphatic hydroxyl groups is 1. The molecule has 2 rings (SSSR count). The molecule has 51 heavy (non-hydrogen) atoms. The fourth-order valence-electron chi connectivity index (χ4n) is 7.42. The van der Waals surface area contributed by atoms with E-state index in [2.05, 4.69) is 16.0 Å². The molecule has 0 aliphatic carbocycles. The molecule has 0 bridgehead atoms. The van der Waals surface area contributed by atoms with Gasteiger partial charge in [-0.2, -0.15) is 0 Å². The first-order valence-electron chi connectivity index (χ1n) is 18.7. The Kier molecular flexibility index (Phi) is 18.0. The maximum atomic E-state index is 14.1. The van der Waals surface area contributed by atoms with Crippen LogP contribution in [0, 0.1) is 23.7 Å². The van der Waals surface area contributed by atoms with Crippen LogP contribution in [0.2, 0.25) is 0 Å². The first kappa shape index (κ1) is 44.1. The number of rotatable bonds is 20. The molecule has 0 unspecified atom stereocenters. The van der Waals surface area contributed by atoms with Gasteiger partial charge in [-0.15, -0.1) is 0 Å². The summed E-state index contributed by atoms with van der Waals surface area (Å²) in [6.07, 6.45) is 0.147. The molecule has 10 atom stereocenters. The van der Waals surface area contributed by atoms with E-state index in [4.69, 9.17) is 9.47 Å². The summed E-state index contributed by atoms with van der Waals surface area (Å²) in [6.45, 7) is 15.9. The topological polar surface area (TPSA) is 150 Å². The molecule has 1 fully saturated rings. The minimum atomic E-state index is -0.875. The van der Waals surface area contributed by atoms with Crippen LogP contribution in [0.3, 0.4) is 0 Å². The lowest BCUT2D eigenvalue weighted by molar-refractivity contribution is -0.148. The third-order valence-electron chi connectivity index (χ3n) is 10.7. The lowest BCUT2D eigenvalue weighted by Crippen LogP contribution is -2.59. The Morgan fingerprint density at radius 1 is 0.922 bits per heavy atom. The number of ether oxygens (including phenoxy) is 2. The van der Waals surface area contributed by atoms with E-state index in [0.29, 0.717) is 18.5 Å². The highest BCUT2D eigenvalue weighted by atomic mass is 16.5. The molecule has 0 saturated carbocycles. The second-order valence-corrected chi connectivity index (χ2v) is 15.0. The van der Waals surface area contributed by atoms with Crippen molar-refractivity contribution in [1.82, 2.24) is 25.8 Å². The number of nitrogens with zero attached hydrogens (tertiary/aromatic N) is 2. The van der Waals surface area contributed by atoms with E-state index < -0.39 is 48.4 Å². The molecule has 1 aliphatic rings. The zero-order chi connectivity index (χ0) is 38.6. The van der Waals surface area contributed by atoms with E-state index in [0.717, 1.165) is 12.8 Å². The summed E-state index contributed by atoms with van der Waals surface area (Å²) in [6, 6.07) is 6.67. The van der Waals surface area contributed by atoms with Crippen molar-refractivity contribution in [2.45, 2.75) is 130 Å². The third-order valence-corrected chi connectivity index (χ3v) is 10.7. The number of aliphatic hydroxyl groups excluding tert-OH is 1. The van der Waals surface area contributed by atoms with Gasteiger partial charge < -0.3 is 40.3 Å². The average molecular weight is 718 g/mol. The van der Waals surface area contributed by atoms with Crippen LogP contribution in [0.1, 0.15) is 92.7 Å². The van der Waals surface area contributed by atoms with Crippen LogP contribution in [0.15, 0.2) is 30.3 Å². The van der Waals surface area contributed by atoms with Crippen molar-refractivity contribution >= 4 is 23.6 Å². The van der Waals surface area contributed by atoms with Crippen molar-refractivity contribution < 1.29 is 33.8 Å². The van der Waals surface area contributed by atoms with E-state index in [1.165, 1.54) is 0 Å². The van der Waals surface area contributed by atoms with Gasteiger partial charge >= 0.3 is 0 Å². The Bertz CT molecular complexity index is 1250. The maximum Gasteiger partial charge on any atom is 0.245 e. The molecular weight excluding hydrogens is 650 g/mol. The standard InChI is InChI=1S/C39H67N5O7/c1-13-25(6)34(43(10)39(49)33(24(4)5)42-38(48)32(40-9)23(2)3)30(50-11)22-31(45)44-21-17-20-29(44)36(51-12)26(7)37(47)41-27(8)35(46)28-18-15-14-16-19-28/h14-16,18-19,23-27,29-30,32-36,40,46H,13,17,20-22H2,1-12H3,(H,41,47)(H,42,48)/t25-,26-,27+,29-,30+,32-,33-,34-,35+,36+/m0/s1. The highest BCUT2D eigenvalue weighted by Gasteiger charge is 2.43. The van der Waals surface area contributed by atoms with Gasteiger partial charge in [0.25, 0.3) is 0 Å². The predicted molar refractivity (Wildman–Crippen MR) is 200 cm³/mol. The van der Waals surface area contributed by atoms with E-state index in [9.17, 15) is 24.3 Å². The molecular formula is C39H67N5O7. The monoisotopic (exact) mass is 718 g/mol. The van der Waals surface area contributed by atoms with Gasteiger partial charge in [0.1, 0.15) is 6.04 Å². The van der Waals surface area contributed by atoms with Gasteiger partial charge in [0.2, 0.25) is 23.6 Å². The minimum absolute atomic E-state index is 0.0148. The van der Waals surface area contributed by atoms with E-state index in [-0.39, 0.29) is 53.8 Å². The minimum Gasteiger partial charge on any atom is -0.386 e. The second kappa shape index (κ2) is 20.8. The first-order valence-corrected chi connectivity index (χ1v) is 18.7. The number of carbonyl (C=O) groups excluding carboxylic acids is 4. The number of nitrogens with one attached hydrogen (secondary N) is 3. The Balaban J connectivity index is 2.24. The van der Waals surface area contributed by atoms with Gasteiger partial charge in [0.15, 0.2) is 0 Å². The van der Waals surface area contributed by atoms with Crippen molar-refractivity contribution in [1.29, 1.82) is 0 Å². The Labute approximate surface area is 306 Å². The van der Waals surface area contributed by atoms with Gasteiger partial charge in [-0.05, 0) is 50.1 Å². The number of methoxy groups -OCH3 is 2. The SMILES string of the molecule is CC[C@H](C)[C@@H]([C@@H](CC(=O)N1CCC[C@H]1[C@H](OC)[C@H](C)C(=O)N[C@H](C)[C@@H](O)c1ccccc1)OC)N(C)C(=O)[C@@H](NC(=O)[C@@H](NC)C(C)C)C(C)C. The summed E-state index contributed by atoms with van der Waals surface area (Å²) in [5.41, 5.74) is 0.711. The number of amides is 4. The lowest BCUT2D eigenvalue weighted by atomic mass is 9.89. The summed E-state index contributed by atoms with van der Waals surface area (Å²) in [5.74, 6) is -1.62. The van der Waals surface area contributed by atoms with Crippen LogP contribution in [0.4, 0.5) is 0 Å². The van der Waals surface area contributed by atoms with Crippen LogP contribution in [-0.4, -0.2) is 116 Å². The van der Waals surface area contributed by atoms with Crippen LogP contribution in [0.5, 0.6) is 0 Å². The van der Waals surface area contributed by atoms with Gasteiger partial charge in [-0.3, -0.25) is 19.2 Å².